The second-order valence-electron chi connectivity index (χ2n) is 16.1. The third-order valence-corrected chi connectivity index (χ3v) is 10.8. The average molecular weight is 783 g/mol. The number of nitrogens with zero attached hydrogens (tertiary/aromatic N) is 5. The summed E-state index contributed by atoms with van der Waals surface area (Å²) < 4.78 is 13.1. The molecule has 2 atom stereocenters. The summed E-state index contributed by atoms with van der Waals surface area (Å²) in [6.07, 6.45) is 4.89. The molecule has 2 unspecified atom stereocenters. The van der Waals surface area contributed by atoms with Gasteiger partial charge in [0.1, 0.15) is 17.8 Å². The molecular formula is C44H58N6O7. The highest BCUT2D eigenvalue weighted by atomic mass is 16.5. The largest absolute Gasteiger partial charge is 0.508 e. The number of methoxy groups -OCH3 is 1. The Morgan fingerprint density at radius 1 is 1.07 bits per heavy atom. The number of amides is 3. The molecule has 4 aromatic rings. The summed E-state index contributed by atoms with van der Waals surface area (Å²) >= 11 is 0. The number of carbonyl (C=O) groups excluding carboxylic acids is 4. The van der Waals surface area contributed by atoms with Gasteiger partial charge in [0.25, 0.3) is 12.4 Å². The van der Waals surface area contributed by atoms with Crippen molar-refractivity contribution >= 4 is 35.6 Å². The maximum absolute atomic E-state index is 14.2. The Bertz CT molecular complexity index is 2050. The Hall–Kier alpha value is -5.27. The van der Waals surface area contributed by atoms with E-state index in [0.29, 0.717) is 51.1 Å². The number of benzene rings is 2. The first-order valence-electron chi connectivity index (χ1n) is 19.7. The van der Waals surface area contributed by atoms with E-state index in [1.165, 1.54) is 9.80 Å². The fraction of sp³-hybridized carbons (Fsp3) is 0.477. The molecule has 1 aliphatic heterocycles. The normalized spacial score (nSPS) is 14.4. The van der Waals surface area contributed by atoms with Crippen LogP contribution >= 0.6 is 0 Å². The van der Waals surface area contributed by atoms with Crippen molar-refractivity contribution in [2.45, 2.75) is 85.5 Å². The molecule has 1 aliphatic rings. The summed E-state index contributed by atoms with van der Waals surface area (Å²) in [5, 5.41) is 13.8. The van der Waals surface area contributed by atoms with Crippen molar-refractivity contribution in [2.75, 3.05) is 40.9 Å². The summed E-state index contributed by atoms with van der Waals surface area (Å²) in [6.45, 7) is 12.9. The number of hydrogen-bond acceptors (Lipinski definition) is 9. The van der Waals surface area contributed by atoms with Gasteiger partial charge in [0.05, 0.1) is 24.6 Å². The van der Waals surface area contributed by atoms with E-state index < -0.39 is 17.5 Å². The molecular weight excluding hydrogens is 725 g/mol. The molecule has 1 saturated heterocycles. The molecule has 1 fully saturated rings. The predicted octanol–water partition coefficient (Wildman–Crippen LogP) is 5.59. The van der Waals surface area contributed by atoms with E-state index in [4.69, 9.17) is 9.47 Å². The zero-order valence-electron chi connectivity index (χ0n) is 34.6. The first-order valence-corrected chi connectivity index (χ1v) is 19.7. The minimum atomic E-state index is -0.911. The van der Waals surface area contributed by atoms with Gasteiger partial charge in [0, 0.05) is 75.3 Å². The standard InChI is InChI=1S/C44H58N6O7/c1-9-49-38-15-14-31(23-35(38)36(24-44(4,5)26-57-28-52)41(49)34-13-12-16-45-37(34)25-56-8)32-19-30(20-33(53)22-32)21-39(42(54)50-18-11-10-17-46-50)48(7)43(55)40(29(2)3)47(6)27-51/h12-16,19-20,22-23,27-29,39-40,46,53H,9-11,17-18,21,24-26H2,1-8H3. The van der Waals surface area contributed by atoms with Crippen LogP contribution < -0.4 is 5.43 Å². The lowest BCUT2D eigenvalue weighted by atomic mass is 9.84. The van der Waals surface area contributed by atoms with Gasteiger partial charge in [-0.05, 0) is 90.8 Å². The molecule has 5 rings (SSSR count). The van der Waals surface area contributed by atoms with Crippen molar-refractivity contribution in [2.24, 2.45) is 11.3 Å². The number of rotatable bonds is 18. The number of fused-ring (bicyclic) bond motifs is 1. The molecule has 13 heteroatoms. The molecule has 0 saturated carbocycles. The van der Waals surface area contributed by atoms with Crippen LogP contribution in [0.5, 0.6) is 5.75 Å². The number of ether oxygens (including phenoxy) is 2. The third kappa shape index (κ3) is 9.65. The van der Waals surface area contributed by atoms with Crippen LogP contribution in [0.1, 0.15) is 64.3 Å². The van der Waals surface area contributed by atoms with Crippen molar-refractivity contribution in [3.8, 4) is 28.1 Å². The van der Waals surface area contributed by atoms with Crippen molar-refractivity contribution in [1.29, 1.82) is 0 Å². The highest BCUT2D eigenvalue weighted by Gasteiger charge is 2.37. The zero-order valence-corrected chi connectivity index (χ0v) is 34.6. The number of aryl methyl sites for hydroxylation is 1. The number of hydrogen-bond donors (Lipinski definition) is 2. The molecule has 0 radical (unpaired) electrons. The van der Waals surface area contributed by atoms with Gasteiger partial charge in [-0.15, -0.1) is 0 Å². The SMILES string of the molecule is CCn1c(-c2cccnc2COC)c(CC(C)(C)COC=O)c2cc(-c3cc(O)cc(CC(C(=O)N4CCCCN4)N(C)C(=O)C(C(C)C)N(C)C=O)c3)ccc21. The lowest BCUT2D eigenvalue weighted by Crippen LogP contribution is -2.59. The minimum Gasteiger partial charge on any atom is -0.508 e. The molecule has 0 aliphatic carbocycles. The quantitative estimate of drug-likeness (QED) is 0.123. The Morgan fingerprint density at radius 2 is 1.84 bits per heavy atom. The van der Waals surface area contributed by atoms with Crippen LogP contribution in [0.2, 0.25) is 0 Å². The van der Waals surface area contributed by atoms with Gasteiger partial charge in [0.2, 0.25) is 12.3 Å². The van der Waals surface area contributed by atoms with Gasteiger partial charge < -0.3 is 28.9 Å². The van der Waals surface area contributed by atoms with E-state index in [0.717, 1.165) is 57.4 Å². The highest BCUT2D eigenvalue weighted by Crippen LogP contribution is 2.41. The third-order valence-electron chi connectivity index (χ3n) is 10.8. The van der Waals surface area contributed by atoms with Gasteiger partial charge in [-0.25, -0.2) is 5.43 Å². The Balaban J connectivity index is 1.63. The molecule has 2 aromatic carbocycles. The number of phenolic OH excluding ortho intramolecular Hbond substituents is 1. The van der Waals surface area contributed by atoms with Crippen molar-refractivity contribution in [3.05, 3.63) is 71.5 Å². The van der Waals surface area contributed by atoms with Gasteiger partial charge >= 0.3 is 0 Å². The number of carbonyl (C=O) groups is 4. The summed E-state index contributed by atoms with van der Waals surface area (Å²) in [5.41, 5.74) is 9.90. The maximum atomic E-state index is 14.2. The van der Waals surface area contributed by atoms with Crippen molar-refractivity contribution in [3.63, 3.8) is 0 Å². The number of phenols is 1. The molecule has 0 bridgehead atoms. The van der Waals surface area contributed by atoms with Gasteiger partial charge in [-0.2, -0.15) is 0 Å². The van der Waals surface area contributed by atoms with Crippen LogP contribution in [0.15, 0.2) is 54.7 Å². The van der Waals surface area contributed by atoms with E-state index >= 15 is 0 Å². The fourth-order valence-corrected chi connectivity index (χ4v) is 8.10. The van der Waals surface area contributed by atoms with E-state index in [1.807, 2.05) is 32.0 Å². The van der Waals surface area contributed by atoms with Crippen molar-refractivity contribution in [1.82, 2.24) is 29.8 Å². The Kier molecular flexibility index (Phi) is 14.1. The van der Waals surface area contributed by atoms with E-state index in [-0.39, 0.29) is 36.5 Å². The minimum absolute atomic E-state index is 0.0263. The van der Waals surface area contributed by atoms with E-state index in [9.17, 15) is 24.3 Å². The Morgan fingerprint density at radius 3 is 2.49 bits per heavy atom. The average Bonchev–Trinajstić information content (AvgIpc) is 3.50. The number of pyridine rings is 1. The molecule has 57 heavy (non-hydrogen) atoms. The number of nitrogens with one attached hydrogen (secondary N) is 1. The van der Waals surface area contributed by atoms with Crippen LogP contribution in [-0.4, -0.2) is 107 Å². The Labute approximate surface area is 335 Å². The van der Waals surface area contributed by atoms with Crippen LogP contribution in [0.25, 0.3) is 33.3 Å². The van der Waals surface area contributed by atoms with Crippen LogP contribution in [0.4, 0.5) is 0 Å². The van der Waals surface area contributed by atoms with E-state index in [1.54, 1.807) is 44.5 Å². The lowest BCUT2D eigenvalue weighted by Gasteiger charge is -2.38. The van der Waals surface area contributed by atoms with E-state index in [2.05, 4.69) is 53.9 Å². The summed E-state index contributed by atoms with van der Waals surface area (Å²) in [5.74, 6) is -0.760. The van der Waals surface area contributed by atoms with Crippen LogP contribution in [-0.2, 0) is 54.6 Å². The van der Waals surface area contributed by atoms with Gasteiger partial charge in [0.15, 0.2) is 0 Å². The highest BCUT2D eigenvalue weighted by molar-refractivity contribution is 5.95. The first kappa shape index (κ1) is 42.9. The monoisotopic (exact) mass is 782 g/mol. The maximum Gasteiger partial charge on any atom is 0.293 e. The van der Waals surface area contributed by atoms with Crippen LogP contribution in [0.3, 0.4) is 0 Å². The second-order valence-corrected chi connectivity index (χ2v) is 16.1. The second kappa shape index (κ2) is 18.8. The summed E-state index contributed by atoms with van der Waals surface area (Å²) in [7, 11) is 4.83. The predicted molar refractivity (Wildman–Crippen MR) is 220 cm³/mol. The first-order chi connectivity index (χ1) is 27.2. The fourth-order valence-electron chi connectivity index (χ4n) is 8.10. The summed E-state index contributed by atoms with van der Waals surface area (Å²) in [6, 6.07) is 13.8. The molecule has 3 amide bonds. The van der Waals surface area contributed by atoms with Crippen LogP contribution in [0, 0.1) is 11.3 Å². The molecule has 2 aromatic heterocycles. The molecule has 0 spiro atoms. The number of likely N-dealkylation sites (N-methyl/N-ethyl adjacent to an activating group) is 2. The van der Waals surface area contributed by atoms with Gasteiger partial charge in [-0.1, -0.05) is 39.8 Å². The zero-order chi connectivity index (χ0) is 41.4. The molecule has 13 nitrogen and oxygen atoms in total. The number of hydrazine groups is 1. The van der Waals surface area contributed by atoms with Crippen molar-refractivity contribution < 1.29 is 33.8 Å². The lowest BCUT2D eigenvalue weighted by molar-refractivity contribution is -0.151. The smallest absolute Gasteiger partial charge is 0.293 e. The number of aromatic hydroxyl groups is 1. The molecule has 306 valence electrons. The summed E-state index contributed by atoms with van der Waals surface area (Å²) in [4.78, 5) is 58.8. The molecule has 2 N–H and O–H groups in total. The molecule has 3 heterocycles. The number of aromatic nitrogens is 2. The van der Waals surface area contributed by atoms with Gasteiger partial charge in [-0.3, -0.25) is 29.2 Å². The topological polar surface area (TPSA) is 147 Å².